The fourth-order valence-corrected chi connectivity index (χ4v) is 5.08. The van der Waals surface area contributed by atoms with Gasteiger partial charge in [-0.05, 0) is 17.0 Å². The van der Waals surface area contributed by atoms with Crippen molar-refractivity contribution >= 4 is 27.3 Å². The molecule has 9 heteroatoms. The quantitative estimate of drug-likeness (QED) is 0.664. The molecule has 1 aromatic carbocycles. The van der Waals surface area contributed by atoms with Gasteiger partial charge >= 0.3 is 0 Å². The second-order valence-electron chi connectivity index (χ2n) is 6.46. The van der Waals surface area contributed by atoms with Crippen molar-refractivity contribution in [2.45, 2.75) is 23.6 Å². The highest BCUT2D eigenvalue weighted by Gasteiger charge is 2.26. The summed E-state index contributed by atoms with van der Waals surface area (Å²) < 4.78 is 32.7. The number of sulfonamides is 1. The van der Waals surface area contributed by atoms with Crippen molar-refractivity contribution in [2.75, 3.05) is 13.1 Å². The SMILES string of the molecule is O=C(CNS(=O)(=O)c1cccs1)N1CCc2oc(Cc3ccccc3)nc2C1. The molecule has 146 valence electrons. The Bertz CT molecular complexity index is 1060. The van der Waals surface area contributed by atoms with E-state index in [-0.39, 0.29) is 16.7 Å². The lowest BCUT2D eigenvalue weighted by Crippen LogP contribution is -2.42. The second-order valence-corrected chi connectivity index (χ2v) is 9.40. The Hall–Kier alpha value is -2.49. The summed E-state index contributed by atoms with van der Waals surface area (Å²) in [6.45, 7) is 0.532. The van der Waals surface area contributed by atoms with Crippen molar-refractivity contribution in [3.8, 4) is 0 Å². The van der Waals surface area contributed by atoms with Gasteiger partial charge in [-0.15, -0.1) is 11.3 Å². The molecule has 3 heterocycles. The van der Waals surface area contributed by atoms with Crippen molar-refractivity contribution in [3.05, 3.63) is 70.8 Å². The van der Waals surface area contributed by atoms with E-state index < -0.39 is 10.0 Å². The third kappa shape index (κ3) is 4.16. The van der Waals surface area contributed by atoms with Gasteiger partial charge in [0.2, 0.25) is 5.91 Å². The maximum absolute atomic E-state index is 12.5. The highest BCUT2D eigenvalue weighted by molar-refractivity contribution is 7.91. The standard InChI is InChI=1S/C19H19N3O4S2/c23-18(12-20-28(24,25)19-7-4-10-27-19)22-9-8-16-15(13-22)21-17(26-16)11-14-5-2-1-3-6-14/h1-7,10,20H,8-9,11-13H2. The Kier molecular flexibility index (Phi) is 5.29. The van der Waals surface area contributed by atoms with Crippen LogP contribution in [0.25, 0.3) is 0 Å². The Balaban J connectivity index is 1.37. The van der Waals surface area contributed by atoms with Crippen molar-refractivity contribution in [2.24, 2.45) is 0 Å². The first-order valence-corrected chi connectivity index (χ1v) is 11.2. The number of aromatic nitrogens is 1. The number of hydrogen-bond donors (Lipinski definition) is 1. The molecule has 0 fully saturated rings. The molecule has 0 aliphatic carbocycles. The summed E-state index contributed by atoms with van der Waals surface area (Å²) in [6.07, 6.45) is 1.17. The van der Waals surface area contributed by atoms with Gasteiger partial charge in [-0.25, -0.2) is 18.1 Å². The van der Waals surface area contributed by atoms with Gasteiger partial charge in [0.15, 0.2) is 5.89 Å². The first kappa shape index (κ1) is 18.9. The monoisotopic (exact) mass is 417 g/mol. The molecule has 1 N–H and O–H groups in total. The van der Waals surface area contributed by atoms with Crippen LogP contribution < -0.4 is 4.72 Å². The summed E-state index contributed by atoms with van der Waals surface area (Å²) in [4.78, 5) is 18.6. The third-order valence-electron chi connectivity index (χ3n) is 4.50. The predicted octanol–water partition coefficient (Wildman–Crippen LogP) is 2.19. The van der Waals surface area contributed by atoms with Gasteiger partial charge in [0.05, 0.1) is 13.1 Å². The highest BCUT2D eigenvalue weighted by atomic mass is 32.2. The van der Waals surface area contributed by atoms with Crippen LogP contribution in [-0.2, 0) is 34.2 Å². The number of benzene rings is 1. The summed E-state index contributed by atoms with van der Waals surface area (Å²) in [7, 11) is -3.65. The molecule has 0 saturated carbocycles. The van der Waals surface area contributed by atoms with E-state index in [0.29, 0.717) is 31.8 Å². The van der Waals surface area contributed by atoms with E-state index in [9.17, 15) is 13.2 Å². The molecule has 0 spiro atoms. The zero-order chi connectivity index (χ0) is 19.6. The molecule has 4 rings (SSSR count). The van der Waals surface area contributed by atoms with E-state index in [1.54, 1.807) is 16.3 Å². The fourth-order valence-electron chi connectivity index (χ4n) is 3.07. The Labute approximate surface area is 167 Å². The predicted molar refractivity (Wildman–Crippen MR) is 104 cm³/mol. The molecule has 7 nitrogen and oxygen atoms in total. The maximum atomic E-state index is 12.5. The number of rotatable bonds is 6. The third-order valence-corrected chi connectivity index (χ3v) is 7.29. The van der Waals surface area contributed by atoms with Crippen LogP contribution in [0.4, 0.5) is 0 Å². The molecule has 0 saturated heterocycles. The molecular weight excluding hydrogens is 398 g/mol. The van der Waals surface area contributed by atoms with E-state index in [1.807, 2.05) is 30.3 Å². The van der Waals surface area contributed by atoms with Crippen LogP contribution in [0.3, 0.4) is 0 Å². The van der Waals surface area contributed by atoms with Crippen molar-refractivity contribution in [1.82, 2.24) is 14.6 Å². The van der Waals surface area contributed by atoms with Crippen LogP contribution in [0.15, 0.2) is 56.5 Å². The van der Waals surface area contributed by atoms with Crippen LogP contribution in [-0.4, -0.2) is 37.3 Å². The minimum Gasteiger partial charge on any atom is -0.445 e. The summed E-state index contributed by atoms with van der Waals surface area (Å²) in [5, 5.41) is 1.68. The smallest absolute Gasteiger partial charge is 0.250 e. The molecule has 0 atom stereocenters. The Morgan fingerprint density at radius 3 is 2.79 bits per heavy atom. The van der Waals surface area contributed by atoms with Gasteiger partial charge in [0, 0.05) is 19.4 Å². The summed E-state index contributed by atoms with van der Waals surface area (Å²) in [6, 6.07) is 13.1. The molecule has 2 aromatic heterocycles. The fraction of sp³-hybridized carbons (Fsp3) is 0.263. The zero-order valence-electron chi connectivity index (χ0n) is 15.0. The van der Waals surface area contributed by atoms with Gasteiger partial charge in [0.25, 0.3) is 10.0 Å². The lowest BCUT2D eigenvalue weighted by Gasteiger charge is -2.25. The topological polar surface area (TPSA) is 92.5 Å². The molecule has 1 amide bonds. The number of carbonyl (C=O) groups excluding carboxylic acids is 1. The van der Waals surface area contributed by atoms with Crippen LogP contribution in [0, 0.1) is 0 Å². The maximum Gasteiger partial charge on any atom is 0.250 e. The van der Waals surface area contributed by atoms with Gasteiger partial charge in [-0.2, -0.15) is 0 Å². The number of nitrogens with one attached hydrogen (secondary N) is 1. The molecule has 0 unspecified atom stereocenters. The minimum atomic E-state index is -3.65. The molecular formula is C19H19N3O4S2. The van der Waals surface area contributed by atoms with E-state index >= 15 is 0 Å². The van der Waals surface area contributed by atoms with E-state index in [2.05, 4.69) is 9.71 Å². The average Bonchev–Trinajstić information content (AvgIpc) is 3.36. The van der Waals surface area contributed by atoms with Gasteiger partial charge in [0.1, 0.15) is 15.7 Å². The minimum absolute atomic E-state index is 0.197. The number of amides is 1. The van der Waals surface area contributed by atoms with E-state index in [1.165, 1.54) is 6.07 Å². The van der Waals surface area contributed by atoms with Crippen molar-refractivity contribution in [3.63, 3.8) is 0 Å². The van der Waals surface area contributed by atoms with Crippen molar-refractivity contribution < 1.29 is 17.6 Å². The van der Waals surface area contributed by atoms with Crippen LogP contribution in [0.2, 0.25) is 0 Å². The lowest BCUT2D eigenvalue weighted by molar-refractivity contribution is -0.130. The van der Waals surface area contributed by atoms with Gasteiger partial charge in [-0.3, -0.25) is 4.79 Å². The van der Waals surface area contributed by atoms with Crippen LogP contribution in [0.1, 0.15) is 22.9 Å². The Morgan fingerprint density at radius 1 is 1.21 bits per heavy atom. The first-order valence-electron chi connectivity index (χ1n) is 8.83. The molecule has 0 bridgehead atoms. The van der Waals surface area contributed by atoms with Gasteiger partial charge in [-0.1, -0.05) is 36.4 Å². The molecule has 1 aliphatic heterocycles. The first-order chi connectivity index (χ1) is 13.5. The van der Waals surface area contributed by atoms with Crippen molar-refractivity contribution in [1.29, 1.82) is 0 Å². The number of hydrogen-bond acceptors (Lipinski definition) is 6. The molecule has 1 aliphatic rings. The second kappa shape index (κ2) is 7.86. The number of thiophene rings is 1. The molecule has 3 aromatic rings. The largest absolute Gasteiger partial charge is 0.445 e. The molecule has 28 heavy (non-hydrogen) atoms. The summed E-state index contributed by atoms with van der Waals surface area (Å²) >= 11 is 1.11. The zero-order valence-corrected chi connectivity index (χ0v) is 16.6. The lowest BCUT2D eigenvalue weighted by atomic mass is 10.1. The highest BCUT2D eigenvalue weighted by Crippen LogP contribution is 2.21. The van der Waals surface area contributed by atoms with Crippen LogP contribution >= 0.6 is 11.3 Å². The number of carbonyl (C=O) groups is 1. The summed E-state index contributed by atoms with van der Waals surface area (Å²) in [5.41, 5.74) is 1.85. The van der Waals surface area contributed by atoms with Gasteiger partial charge < -0.3 is 9.32 Å². The number of oxazole rings is 1. The number of fused-ring (bicyclic) bond motifs is 1. The van der Waals surface area contributed by atoms with E-state index in [0.717, 1.165) is 28.4 Å². The molecule has 0 radical (unpaired) electrons. The van der Waals surface area contributed by atoms with E-state index in [4.69, 9.17) is 4.42 Å². The summed E-state index contributed by atoms with van der Waals surface area (Å²) in [5.74, 6) is 1.15. The Morgan fingerprint density at radius 2 is 2.04 bits per heavy atom. The average molecular weight is 418 g/mol. The number of nitrogens with zero attached hydrogens (tertiary/aromatic N) is 2. The van der Waals surface area contributed by atoms with Crippen LogP contribution in [0.5, 0.6) is 0 Å². The normalized spacial score (nSPS) is 14.1.